The molecule has 2 N–H and O–H groups in total. The van der Waals surface area contributed by atoms with E-state index in [0.717, 1.165) is 25.2 Å². The van der Waals surface area contributed by atoms with Crippen molar-refractivity contribution in [1.82, 2.24) is 5.32 Å². The lowest BCUT2D eigenvalue weighted by Gasteiger charge is -2.24. The van der Waals surface area contributed by atoms with Crippen LogP contribution in [0.4, 0.5) is 0 Å². The highest BCUT2D eigenvalue weighted by Gasteiger charge is 2.20. The molecule has 0 aromatic rings. The van der Waals surface area contributed by atoms with E-state index < -0.39 is 0 Å². The molecular formula is C15H29NO2. The van der Waals surface area contributed by atoms with E-state index in [2.05, 4.69) is 5.32 Å². The summed E-state index contributed by atoms with van der Waals surface area (Å²) in [6, 6.07) is 0. The summed E-state index contributed by atoms with van der Waals surface area (Å²) in [7, 11) is 0. The van der Waals surface area contributed by atoms with Gasteiger partial charge in [-0.1, -0.05) is 52.4 Å². The van der Waals surface area contributed by atoms with E-state index in [1.165, 1.54) is 32.1 Å². The molecule has 1 rings (SSSR count). The number of carbonyl (C=O) groups excluding carboxylic acids is 1. The lowest BCUT2D eigenvalue weighted by atomic mass is 9.83. The summed E-state index contributed by atoms with van der Waals surface area (Å²) in [5, 5.41) is 12.5. The fourth-order valence-electron chi connectivity index (χ4n) is 2.86. The van der Waals surface area contributed by atoms with E-state index >= 15 is 0 Å². The smallest absolute Gasteiger partial charge is 0.222 e. The Balaban J connectivity index is 2.19. The number of carbonyl (C=O) groups is 1. The minimum absolute atomic E-state index is 0.0851. The third-order valence-corrected chi connectivity index (χ3v) is 3.99. The number of rotatable bonds is 7. The zero-order chi connectivity index (χ0) is 13.4. The van der Waals surface area contributed by atoms with Crippen molar-refractivity contribution in [2.45, 2.75) is 71.3 Å². The maximum atomic E-state index is 11.9. The van der Waals surface area contributed by atoms with Crippen LogP contribution in [0.5, 0.6) is 0 Å². The van der Waals surface area contributed by atoms with Gasteiger partial charge in [-0.05, 0) is 18.8 Å². The van der Waals surface area contributed by atoms with Gasteiger partial charge >= 0.3 is 0 Å². The lowest BCUT2D eigenvalue weighted by Crippen LogP contribution is -2.36. The van der Waals surface area contributed by atoms with Crippen molar-refractivity contribution in [3.05, 3.63) is 0 Å². The van der Waals surface area contributed by atoms with Gasteiger partial charge in [-0.15, -0.1) is 0 Å². The van der Waals surface area contributed by atoms with E-state index in [4.69, 9.17) is 0 Å². The van der Waals surface area contributed by atoms with E-state index in [0.29, 0.717) is 6.54 Å². The number of amides is 1. The maximum absolute atomic E-state index is 11.9. The second-order valence-electron chi connectivity index (χ2n) is 5.83. The second kappa shape index (κ2) is 8.52. The molecule has 3 heteroatoms. The zero-order valence-electron chi connectivity index (χ0n) is 12.0. The Hall–Kier alpha value is -0.570. The molecule has 18 heavy (non-hydrogen) atoms. The van der Waals surface area contributed by atoms with Crippen molar-refractivity contribution in [2.75, 3.05) is 6.54 Å². The maximum Gasteiger partial charge on any atom is 0.222 e. The Morgan fingerprint density at radius 2 is 2.00 bits per heavy atom. The third kappa shape index (κ3) is 5.85. The molecule has 0 spiro atoms. The SMILES string of the molecule is CCCC(O)CNC(=O)C(C)CC1CCCCC1. The quantitative estimate of drug-likeness (QED) is 0.735. The van der Waals surface area contributed by atoms with Gasteiger partial charge in [0.25, 0.3) is 0 Å². The van der Waals surface area contributed by atoms with Crippen LogP contribution in [0, 0.1) is 11.8 Å². The molecule has 3 nitrogen and oxygen atoms in total. The number of hydrogen-bond acceptors (Lipinski definition) is 2. The number of aliphatic hydroxyl groups excluding tert-OH is 1. The van der Waals surface area contributed by atoms with Gasteiger partial charge in [0.15, 0.2) is 0 Å². The van der Waals surface area contributed by atoms with Crippen molar-refractivity contribution >= 4 is 5.91 Å². The molecule has 1 amide bonds. The van der Waals surface area contributed by atoms with Crippen LogP contribution in [-0.2, 0) is 4.79 Å². The normalized spacial score (nSPS) is 20.4. The van der Waals surface area contributed by atoms with Crippen molar-refractivity contribution in [3.8, 4) is 0 Å². The highest BCUT2D eigenvalue weighted by Crippen LogP contribution is 2.28. The Morgan fingerprint density at radius 1 is 1.33 bits per heavy atom. The molecule has 1 fully saturated rings. The molecule has 0 aromatic heterocycles. The fraction of sp³-hybridized carbons (Fsp3) is 0.933. The summed E-state index contributed by atoms with van der Waals surface area (Å²) < 4.78 is 0. The van der Waals surface area contributed by atoms with E-state index in [-0.39, 0.29) is 17.9 Å². The molecule has 0 heterocycles. The molecule has 2 atom stereocenters. The first-order chi connectivity index (χ1) is 8.63. The molecule has 106 valence electrons. The Kier molecular flexibility index (Phi) is 7.33. The highest BCUT2D eigenvalue weighted by molar-refractivity contribution is 5.78. The first-order valence-electron chi connectivity index (χ1n) is 7.59. The molecule has 0 saturated heterocycles. The number of aliphatic hydroxyl groups is 1. The average Bonchev–Trinajstić information content (AvgIpc) is 2.37. The van der Waals surface area contributed by atoms with Gasteiger partial charge in [0.2, 0.25) is 5.91 Å². The Bertz CT molecular complexity index is 237. The minimum atomic E-state index is -0.388. The monoisotopic (exact) mass is 255 g/mol. The van der Waals surface area contributed by atoms with Crippen LogP contribution in [0.15, 0.2) is 0 Å². The van der Waals surface area contributed by atoms with Crippen LogP contribution < -0.4 is 5.32 Å². The Morgan fingerprint density at radius 3 is 2.61 bits per heavy atom. The lowest BCUT2D eigenvalue weighted by molar-refractivity contribution is -0.125. The van der Waals surface area contributed by atoms with Gasteiger partial charge in [-0.25, -0.2) is 0 Å². The average molecular weight is 255 g/mol. The Labute approximate surface area is 111 Å². The predicted molar refractivity (Wildman–Crippen MR) is 74.3 cm³/mol. The summed E-state index contributed by atoms with van der Waals surface area (Å²) in [5.74, 6) is 0.928. The van der Waals surface area contributed by atoms with E-state index in [1.54, 1.807) is 0 Å². The molecule has 0 aliphatic heterocycles. The summed E-state index contributed by atoms with van der Waals surface area (Å²) >= 11 is 0. The fourth-order valence-corrected chi connectivity index (χ4v) is 2.86. The van der Waals surface area contributed by atoms with Crippen LogP contribution in [0.25, 0.3) is 0 Å². The van der Waals surface area contributed by atoms with Crippen molar-refractivity contribution < 1.29 is 9.90 Å². The van der Waals surface area contributed by atoms with Crippen LogP contribution >= 0.6 is 0 Å². The largest absolute Gasteiger partial charge is 0.391 e. The van der Waals surface area contributed by atoms with Crippen LogP contribution in [0.1, 0.15) is 65.2 Å². The topological polar surface area (TPSA) is 49.3 Å². The van der Waals surface area contributed by atoms with Crippen molar-refractivity contribution in [3.63, 3.8) is 0 Å². The summed E-state index contributed by atoms with van der Waals surface area (Å²) in [6.07, 6.45) is 8.93. The predicted octanol–water partition coefficient (Wildman–Crippen LogP) is 2.87. The van der Waals surface area contributed by atoms with Gasteiger partial charge < -0.3 is 10.4 Å². The van der Waals surface area contributed by atoms with Crippen LogP contribution in [0.3, 0.4) is 0 Å². The summed E-state index contributed by atoms with van der Waals surface area (Å²) in [6.45, 7) is 4.45. The molecule has 0 aromatic carbocycles. The zero-order valence-corrected chi connectivity index (χ0v) is 12.0. The summed E-state index contributed by atoms with van der Waals surface area (Å²) in [5.41, 5.74) is 0. The van der Waals surface area contributed by atoms with Gasteiger partial charge in [-0.2, -0.15) is 0 Å². The molecule has 0 bridgehead atoms. The molecule has 1 aliphatic rings. The van der Waals surface area contributed by atoms with Gasteiger partial charge in [0.05, 0.1) is 6.10 Å². The molecule has 1 saturated carbocycles. The first-order valence-corrected chi connectivity index (χ1v) is 7.59. The second-order valence-corrected chi connectivity index (χ2v) is 5.83. The number of hydrogen-bond donors (Lipinski definition) is 2. The molecular weight excluding hydrogens is 226 g/mol. The third-order valence-electron chi connectivity index (χ3n) is 3.99. The minimum Gasteiger partial charge on any atom is -0.391 e. The van der Waals surface area contributed by atoms with Crippen molar-refractivity contribution in [2.24, 2.45) is 11.8 Å². The van der Waals surface area contributed by atoms with Gasteiger partial charge in [-0.3, -0.25) is 4.79 Å². The highest BCUT2D eigenvalue weighted by atomic mass is 16.3. The number of nitrogens with one attached hydrogen (secondary N) is 1. The van der Waals surface area contributed by atoms with Crippen LogP contribution in [-0.4, -0.2) is 23.7 Å². The van der Waals surface area contributed by atoms with E-state index in [1.807, 2.05) is 13.8 Å². The first kappa shape index (κ1) is 15.5. The van der Waals surface area contributed by atoms with E-state index in [9.17, 15) is 9.90 Å². The van der Waals surface area contributed by atoms with Crippen molar-refractivity contribution in [1.29, 1.82) is 0 Å². The van der Waals surface area contributed by atoms with Gasteiger partial charge in [0.1, 0.15) is 0 Å². The molecule has 0 radical (unpaired) electrons. The van der Waals surface area contributed by atoms with Gasteiger partial charge in [0, 0.05) is 12.5 Å². The molecule has 1 aliphatic carbocycles. The summed E-state index contributed by atoms with van der Waals surface area (Å²) in [4.78, 5) is 11.9. The standard InChI is InChI=1S/C15H29NO2/c1-3-7-14(17)11-16-15(18)12(2)10-13-8-5-4-6-9-13/h12-14,17H,3-11H2,1-2H3,(H,16,18). The van der Waals surface area contributed by atoms with Crippen LogP contribution in [0.2, 0.25) is 0 Å². The molecule has 2 unspecified atom stereocenters.